The van der Waals surface area contributed by atoms with E-state index in [0.29, 0.717) is 5.92 Å². The van der Waals surface area contributed by atoms with E-state index >= 15 is 0 Å². The summed E-state index contributed by atoms with van der Waals surface area (Å²) in [6, 6.07) is 2.13. The smallest absolute Gasteiger partial charge is 0.254 e. The Morgan fingerprint density at radius 1 is 1.59 bits per heavy atom. The minimum absolute atomic E-state index is 0.148. The van der Waals surface area contributed by atoms with Gasteiger partial charge in [-0.1, -0.05) is 0 Å². The summed E-state index contributed by atoms with van der Waals surface area (Å²) in [5, 5.41) is 1.91. The molecule has 1 unspecified atom stereocenters. The Kier molecular flexibility index (Phi) is 4.22. The van der Waals surface area contributed by atoms with E-state index < -0.39 is 0 Å². The van der Waals surface area contributed by atoms with Gasteiger partial charge in [-0.25, -0.2) is 0 Å². The number of piperidine rings is 1. The molecular weight excluding hydrogens is 300 g/mol. The van der Waals surface area contributed by atoms with E-state index in [1.165, 1.54) is 0 Å². The van der Waals surface area contributed by atoms with E-state index in [-0.39, 0.29) is 11.9 Å². The highest BCUT2D eigenvalue weighted by Crippen LogP contribution is 2.24. The van der Waals surface area contributed by atoms with Crippen LogP contribution in [-0.4, -0.2) is 29.9 Å². The van der Waals surface area contributed by atoms with Crippen LogP contribution < -0.4 is 5.73 Å². The zero-order chi connectivity index (χ0) is 12.4. The van der Waals surface area contributed by atoms with Crippen molar-refractivity contribution >= 4 is 33.2 Å². The summed E-state index contributed by atoms with van der Waals surface area (Å²) < 4.78 is 1.01. The minimum atomic E-state index is 0.148. The first-order chi connectivity index (χ1) is 8.08. The molecule has 94 valence electrons. The van der Waals surface area contributed by atoms with E-state index in [4.69, 9.17) is 5.73 Å². The van der Waals surface area contributed by atoms with E-state index in [0.717, 1.165) is 35.3 Å². The number of nitrogens with zero attached hydrogens (tertiary/aromatic N) is 1. The van der Waals surface area contributed by atoms with Crippen molar-refractivity contribution in [2.45, 2.75) is 25.8 Å². The molecule has 0 spiro atoms. The Morgan fingerprint density at radius 3 is 2.71 bits per heavy atom. The fraction of sp³-hybridized carbons (Fsp3) is 0.583. The average Bonchev–Trinajstić information content (AvgIpc) is 2.75. The maximum Gasteiger partial charge on any atom is 0.254 e. The molecular formula is C12H17BrN2OS. The molecule has 0 saturated carbocycles. The van der Waals surface area contributed by atoms with Crippen LogP contribution >= 0.6 is 27.3 Å². The van der Waals surface area contributed by atoms with Crippen LogP contribution in [0.5, 0.6) is 0 Å². The number of nitrogens with two attached hydrogens (primary N) is 1. The summed E-state index contributed by atoms with van der Waals surface area (Å²) in [6.07, 6.45) is 2.05. The molecule has 1 amide bonds. The molecule has 5 heteroatoms. The second-order valence-electron chi connectivity index (χ2n) is 4.63. The highest BCUT2D eigenvalue weighted by molar-refractivity contribution is 9.11. The molecule has 0 aromatic carbocycles. The van der Waals surface area contributed by atoms with Gasteiger partial charge in [0.15, 0.2) is 0 Å². The molecule has 2 rings (SSSR count). The van der Waals surface area contributed by atoms with E-state index in [1.807, 2.05) is 16.3 Å². The first-order valence-corrected chi connectivity index (χ1v) is 7.54. The van der Waals surface area contributed by atoms with Crippen molar-refractivity contribution in [3.05, 3.63) is 20.8 Å². The summed E-state index contributed by atoms with van der Waals surface area (Å²) in [4.78, 5) is 14.1. The number of halogens is 1. The van der Waals surface area contributed by atoms with Gasteiger partial charge in [-0.3, -0.25) is 4.79 Å². The lowest BCUT2D eigenvalue weighted by Crippen LogP contribution is -2.42. The molecule has 3 nitrogen and oxygen atoms in total. The summed E-state index contributed by atoms with van der Waals surface area (Å²) in [5.74, 6) is 0.711. The Morgan fingerprint density at radius 2 is 2.24 bits per heavy atom. The second kappa shape index (κ2) is 5.50. The lowest BCUT2D eigenvalue weighted by atomic mass is 9.91. The van der Waals surface area contributed by atoms with Crippen LogP contribution in [0.4, 0.5) is 0 Å². The Balaban J connectivity index is 1.95. The normalized spacial score (nSPS) is 19.4. The molecule has 1 fully saturated rings. The zero-order valence-electron chi connectivity index (χ0n) is 9.86. The number of carbonyl (C=O) groups is 1. The van der Waals surface area contributed by atoms with E-state index in [9.17, 15) is 4.79 Å². The third-order valence-corrected chi connectivity index (χ3v) is 4.89. The number of likely N-dealkylation sites (tertiary alicyclic amines) is 1. The van der Waals surface area contributed by atoms with Crippen molar-refractivity contribution in [2.24, 2.45) is 11.7 Å². The molecule has 1 saturated heterocycles. The standard InChI is InChI=1S/C12H17BrN2OS/c1-8(14)9-2-4-15(5-3-9)12(16)10-6-11(13)17-7-10/h6-9H,2-5,14H2,1H3. The number of carbonyl (C=O) groups excluding carboxylic acids is 1. The molecule has 1 aliphatic rings. The van der Waals surface area contributed by atoms with Crippen molar-refractivity contribution in [2.75, 3.05) is 13.1 Å². The number of rotatable bonds is 2. The monoisotopic (exact) mass is 316 g/mol. The van der Waals surface area contributed by atoms with Crippen LogP contribution in [0.1, 0.15) is 30.1 Å². The number of hydrogen-bond acceptors (Lipinski definition) is 3. The first-order valence-electron chi connectivity index (χ1n) is 5.87. The van der Waals surface area contributed by atoms with Crippen LogP contribution in [0.15, 0.2) is 15.2 Å². The van der Waals surface area contributed by atoms with Gasteiger partial charge in [-0.2, -0.15) is 0 Å². The average molecular weight is 317 g/mol. The molecule has 1 aliphatic heterocycles. The van der Waals surface area contributed by atoms with Gasteiger partial charge in [0.05, 0.1) is 9.35 Å². The molecule has 2 heterocycles. The SMILES string of the molecule is CC(N)C1CCN(C(=O)c2csc(Br)c2)CC1. The van der Waals surface area contributed by atoms with E-state index in [1.54, 1.807) is 11.3 Å². The maximum absolute atomic E-state index is 12.2. The van der Waals surface area contributed by atoms with Crippen LogP contribution in [0.25, 0.3) is 0 Å². The quantitative estimate of drug-likeness (QED) is 0.911. The van der Waals surface area contributed by atoms with Gasteiger partial charge in [0, 0.05) is 24.5 Å². The fourth-order valence-corrected chi connectivity index (χ4v) is 3.36. The van der Waals surface area contributed by atoms with Crippen LogP contribution in [0, 0.1) is 5.92 Å². The Hall–Kier alpha value is -0.390. The molecule has 1 aromatic heterocycles. The van der Waals surface area contributed by atoms with Gasteiger partial charge in [-0.05, 0) is 47.7 Å². The summed E-state index contributed by atoms with van der Waals surface area (Å²) >= 11 is 4.94. The Bertz CT molecular complexity index is 397. The maximum atomic E-state index is 12.2. The number of amides is 1. The third kappa shape index (κ3) is 3.09. The number of thiophene rings is 1. The molecule has 0 radical (unpaired) electrons. The minimum Gasteiger partial charge on any atom is -0.339 e. The lowest BCUT2D eigenvalue weighted by molar-refractivity contribution is 0.0681. The van der Waals surface area contributed by atoms with Crippen molar-refractivity contribution in [3.63, 3.8) is 0 Å². The van der Waals surface area contributed by atoms with Crippen LogP contribution in [0.2, 0.25) is 0 Å². The van der Waals surface area contributed by atoms with Gasteiger partial charge in [0.2, 0.25) is 0 Å². The van der Waals surface area contributed by atoms with Crippen LogP contribution in [-0.2, 0) is 0 Å². The van der Waals surface area contributed by atoms with Gasteiger partial charge in [-0.15, -0.1) is 11.3 Å². The topological polar surface area (TPSA) is 46.3 Å². The van der Waals surface area contributed by atoms with Gasteiger partial charge < -0.3 is 10.6 Å². The predicted octanol–water partition coefficient (Wildman–Crippen LogP) is 2.71. The first kappa shape index (κ1) is 13.1. The van der Waals surface area contributed by atoms with Gasteiger partial charge in [0.25, 0.3) is 5.91 Å². The summed E-state index contributed by atoms with van der Waals surface area (Å²) in [6.45, 7) is 3.72. The second-order valence-corrected chi connectivity index (χ2v) is 6.92. The molecule has 1 atom stereocenters. The van der Waals surface area contributed by atoms with Crippen molar-refractivity contribution in [3.8, 4) is 0 Å². The van der Waals surface area contributed by atoms with E-state index in [2.05, 4.69) is 22.9 Å². The fourth-order valence-electron chi connectivity index (χ4n) is 2.23. The summed E-state index contributed by atoms with van der Waals surface area (Å²) in [5.41, 5.74) is 6.69. The predicted molar refractivity (Wildman–Crippen MR) is 74.3 cm³/mol. The van der Waals surface area contributed by atoms with Gasteiger partial charge >= 0.3 is 0 Å². The zero-order valence-corrected chi connectivity index (χ0v) is 12.3. The lowest BCUT2D eigenvalue weighted by Gasteiger charge is -2.33. The molecule has 17 heavy (non-hydrogen) atoms. The summed E-state index contributed by atoms with van der Waals surface area (Å²) in [7, 11) is 0. The third-order valence-electron chi connectivity index (χ3n) is 3.38. The Labute approximate surface area is 114 Å². The number of hydrogen-bond donors (Lipinski definition) is 1. The van der Waals surface area contributed by atoms with Crippen molar-refractivity contribution in [1.29, 1.82) is 0 Å². The molecule has 0 aliphatic carbocycles. The molecule has 1 aromatic rings. The van der Waals surface area contributed by atoms with Gasteiger partial charge in [0.1, 0.15) is 0 Å². The largest absolute Gasteiger partial charge is 0.339 e. The molecule has 2 N–H and O–H groups in total. The molecule has 0 bridgehead atoms. The van der Waals surface area contributed by atoms with Crippen molar-refractivity contribution < 1.29 is 4.79 Å². The van der Waals surface area contributed by atoms with Crippen LogP contribution in [0.3, 0.4) is 0 Å². The highest BCUT2D eigenvalue weighted by atomic mass is 79.9. The highest BCUT2D eigenvalue weighted by Gasteiger charge is 2.25. The van der Waals surface area contributed by atoms with Crippen molar-refractivity contribution in [1.82, 2.24) is 4.90 Å².